The van der Waals surface area contributed by atoms with Crippen molar-refractivity contribution < 1.29 is 9.90 Å². The minimum Gasteiger partial charge on any atom is -0.481 e. The lowest BCUT2D eigenvalue weighted by Gasteiger charge is -2.32. The summed E-state index contributed by atoms with van der Waals surface area (Å²) in [4.78, 5) is 13.1. The average Bonchev–Trinajstić information content (AvgIpc) is 2.33. The third-order valence-corrected chi connectivity index (χ3v) is 5.34. The molecular weight excluding hydrogens is 374 g/mol. The summed E-state index contributed by atoms with van der Waals surface area (Å²) in [6.07, 6.45) is 2.42. The molecule has 5 heteroatoms. The fraction of sp³-hybridized carbons (Fsp3) is 0.500. The van der Waals surface area contributed by atoms with Gasteiger partial charge >= 0.3 is 5.97 Å². The first-order valence-electron chi connectivity index (χ1n) is 6.42. The summed E-state index contributed by atoms with van der Waals surface area (Å²) in [5, 5.41) is 8.88. The third-order valence-electron chi connectivity index (χ3n) is 3.46. The molecule has 0 amide bonds. The monoisotopic (exact) mass is 389 g/mol. The zero-order valence-corrected chi connectivity index (χ0v) is 13.8. The lowest BCUT2D eigenvalue weighted by Crippen LogP contribution is -2.35. The minimum atomic E-state index is -0.682. The molecule has 2 rings (SSSR count). The van der Waals surface area contributed by atoms with Crippen LogP contribution in [0.5, 0.6) is 0 Å². The van der Waals surface area contributed by atoms with E-state index in [1.54, 1.807) is 0 Å². The largest absolute Gasteiger partial charge is 0.481 e. The van der Waals surface area contributed by atoms with E-state index in [1.165, 1.54) is 5.56 Å². The minimum absolute atomic E-state index is 0.292. The molecule has 0 aliphatic carbocycles. The van der Waals surface area contributed by atoms with Crippen LogP contribution < -0.4 is 0 Å². The molecule has 1 saturated heterocycles. The zero-order chi connectivity index (χ0) is 13.8. The standard InChI is InChI=1S/C14H17Br2NO2/c15-12-4-3-11(6-13(12)16)9-17-5-1-2-10(8-17)7-14(18)19/h3-4,6,10H,1-2,5,7-9H2,(H,18,19). The van der Waals surface area contributed by atoms with Crippen LogP contribution in [0.4, 0.5) is 0 Å². The van der Waals surface area contributed by atoms with Gasteiger partial charge in [0.05, 0.1) is 0 Å². The van der Waals surface area contributed by atoms with Gasteiger partial charge < -0.3 is 5.11 Å². The van der Waals surface area contributed by atoms with Gasteiger partial charge in [-0.3, -0.25) is 9.69 Å². The van der Waals surface area contributed by atoms with Gasteiger partial charge in [-0.1, -0.05) is 6.07 Å². The maximum absolute atomic E-state index is 10.8. The molecule has 1 N–H and O–H groups in total. The Kier molecular flexibility index (Phi) is 5.42. The van der Waals surface area contributed by atoms with Crippen molar-refractivity contribution >= 4 is 37.8 Å². The second-order valence-electron chi connectivity index (χ2n) is 5.09. The van der Waals surface area contributed by atoms with Gasteiger partial charge in [0.25, 0.3) is 0 Å². The Morgan fingerprint density at radius 3 is 2.84 bits per heavy atom. The summed E-state index contributed by atoms with van der Waals surface area (Å²) in [6, 6.07) is 6.26. The number of hydrogen-bond acceptors (Lipinski definition) is 2. The number of likely N-dealkylation sites (tertiary alicyclic amines) is 1. The second kappa shape index (κ2) is 6.86. The van der Waals surface area contributed by atoms with Crippen molar-refractivity contribution in [3.8, 4) is 0 Å². The van der Waals surface area contributed by atoms with Gasteiger partial charge in [-0.25, -0.2) is 0 Å². The molecule has 0 radical (unpaired) electrons. The first-order valence-corrected chi connectivity index (χ1v) is 8.01. The summed E-state index contributed by atoms with van der Waals surface area (Å²) in [5.74, 6) is -0.386. The van der Waals surface area contributed by atoms with Crippen molar-refractivity contribution in [2.75, 3.05) is 13.1 Å². The van der Waals surface area contributed by atoms with Crippen LogP contribution in [-0.4, -0.2) is 29.1 Å². The number of carboxylic acids is 1. The molecule has 1 atom stereocenters. The molecule has 1 aromatic carbocycles. The Bertz CT molecular complexity index is 465. The van der Waals surface area contributed by atoms with Gasteiger partial charge in [-0.2, -0.15) is 0 Å². The van der Waals surface area contributed by atoms with E-state index in [0.717, 1.165) is 41.4 Å². The number of aliphatic carboxylic acids is 1. The molecule has 3 nitrogen and oxygen atoms in total. The molecule has 1 aromatic rings. The summed E-state index contributed by atoms with van der Waals surface area (Å²) >= 11 is 6.98. The maximum Gasteiger partial charge on any atom is 0.303 e. The van der Waals surface area contributed by atoms with Crippen molar-refractivity contribution in [2.24, 2.45) is 5.92 Å². The first kappa shape index (κ1) is 15.0. The predicted molar refractivity (Wildman–Crippen MR) is 82.1 cm³/mol. The van der Waals surface area contributed by atoms with E-state index in [1.807, 2.05) is 6.07 Å². The number of hydrogen-bond donors (Lipinski definition) is 1. The Hall–Kier alpha value is -0.390. The highest BCUT2D eigenvalue weighted by atomic mass is 79.9. The van der Waals surface area contributed by atoms with Crippen LogP contribution in [0.25, 0.3) is 0 Å². The van der Waals surface area contributed by atoms with E-state index in [0.29, 0.717) is 12.3 Å². The van der Waals surface area contributed by atoms with Gasteiger partial charge in [0.15, 0.2) is 0 Å². The number of nitrogens with zero attached hydrogens (tertiary/aromatic N) is 1. The van der Waals surface area contributed by atoms with E-state index in [9.17, 15) is 4.79 Å². The normalized spacial score (nSPS) is 20.4. The van der Waals surface area contributed by atoms with Crippen LogP contribution in [0.15, 0.2) is 27.1 Å². The van der Waals surface area contributed by atoms with Crippen molar-refractivity contribution in [2.45, 2.75) is 25.8 Å². The van der Waals surface area contributed by atoms with Gasteiger partial charge in [-0.05, 0) is 74.9 Å². The lowest BCUT2D eigenvalue weighted by atomic mass is 9.94. The van der Waals surface area contributed by atoms with Gasteiger partial charge in [0.1, 0.15) is 0 Å². The van der Waals surface area contributed by atoms with Gasteiger partial charge in [-0.15, -0.1) is 0 Å². The van der Waals surface area contributed by atoms with Crippen LogP contribution in [0.3, 0.4) is 0 Å². The molecule has 1 unspecified atom stereocenters. The summed E-state index contributed by atoms with van der Waals surface area (Å²) in [6.45, 7) is 2.84. The van der Waals surface area contributed by atoms with Gasteiger partial charge in [0, 0.05) is 28.5 Å². The maximum atomic E-state index is 10.8. The molecule has 104 valence electrons. The molecule has 0 bridgehead atoms. The van der Waals surface area contributed by atoms with Gasteiger partial charge in [0.2, 0.25) is 0 Å². The Balaban J connectivity index is 1.94. The van der Waals surface area contributed by atoms with Crippen LogP contribution >= 0.6 is 31.9 Å². The summed E-state index contributed by atoms with van der Waals surface area (Å²) in [5.41, 5.74) is 1.26. The highest BCUT2D eigenvalue weighted by Gasteiger charge is 2.22. The molecule has 1 aliphatic rings. The Morgan fingerprint density at radius 1 is 1.37 bits per heavy atom. The number of carbonyl (C=O) groups is 1. The van der Waals surface area contributed by atoms with E-state index in [2.05, 4.69) is 48.9 Å². The van der Waals surface area contributed by atoms with Crippen molar-refractivity contribution in [1.82, 2.24) is 4.90 Å². The highest BCUT2D eigenvalue weighted by molar-refractivity contribution is 9.13. The molecule has 1 heterocycles. The molecule has 1 aliphatic heterocycles. The number of carboxylic acid groups (broad SMARTS) is 1. The quantitative estimate of drug-likeness (QED) is 0.847. The fourth-order valence-corrected chi connectivity index (χ4v) is 3.28. The molecule has 0 spiro atoms. The van der Waals surface area contributed by atoms with Crippen LogP contribution in [0.2, 0.25) is 0 Å². The van der Waals surface area contributed by atoms with E-state index in [-0.39, 0.29) is 0 Å². The number of piperidine rings is 1. The molecule has 0 saturated carbocycles. The number of rotatable bonds is 4. The Labute approximate surface area is 130 Å². The average molecular weight is 391 g/mol. The van der Waals surface area contributed by atoms with E-state index >= 15 is 0 Å². The van der Waals surface area contributed by atoms with Crippen LogP contribution in [0.1, 0.15) is 24.8 Å². The van der Waals surface area contributed by atoms with Crippen LogP contribution in [-0.2, 0) is 11.3 Å². The first-order chi connectivity index (χ1) is 9.04. The Morgan fingerprint density at radius 2 is 2.16 bits per heavy atom. The smallest absolute Gasteiger partial charge is 0.303 e. The molecular formula is C14H17Br2NO2. The van der Waals surface area contributed by atoms with Crippen LogP contribution in [0, 0.1) is 5.92 Å². The summed E-state index contributed by atoms with van der Waals surface area (Å²) < 4.78 is 2.11. The molecule has 1 fully saturated rings. The number of benzene rings is 1. The van der Waals surface area contributed by atoms with Crippen molar-refractivity contribution in [1.29, 1.82) is 0 Å². The summed E-state index contributed by atoms with van der Waals surface area (Å²) in [7, 11) is 0. The topological polar surface area (TPSA) is 40.5 Å². The SMILES string of the molecule is O=C(O)CC1CCCN(Cc2ccc(Br)c(Br)c2)C1. The van der Waals surface area contributed by atoms with Crippen molar-refractivity contribution in [3.05, 3.63) is 32.7 Å². The van der Waals surface area contributed by atoms with E-state index in [4.69, 9.17) is 5.11 Å². The third kappa shape index (κ3) is 4.58. The highest BCUT2D eigenvalue weighted by Crippen LogP contribution is 2.26. The second-order valence-corrected chi connectivity index (χ2v) is 6.80. The zero-order valence-electron chi connectivity index (χ0n) is 10.6. The fourth-order valence-electron chi connectivity index (χ4n) is 2.60. The lowest BCUT2D eigenvalue weighted by molar-refractivity contribution is -0.138. The number of halogens is 2. The van der Waals surface area contributed by atoms with E-state index < -0.39 is 5.97 Å². The molecule has 0 aromatic heterocycles. The van der Waals surface area contributed by atoms with Crippen molar-refractivity contribution in [3.63, 3.8) is 0 Å². The predicted octanol–water partition coefficient (Wildman–Crippen LogP) is 3.90. The molecule has 19 heavy (non-hydrogen) atoms.